The maximum Gasteiger partial charge on any atom is 0.256 e. The molecule has 1 unspecified atom stereocenters. The number of benzene rings is 2. The van der Waals surface area contributed by atoms with Gasteiger partial charge in [0.2, 0.25) is 5.91 Å². The maximum atomic E-state index is 13.7. The molecule has 3 aliphatic heterocycles. The van der Waals surface area contributed by atoms with E-state index in [0.717, 1.165) is 12.8 Å². The lowest BCUT2D eigenvalue weighted by molar-refractivity contribution is -0.136. The standard InChI is InChI=1S/C26H26Cl2FN3O4/c27-20-8-5-18(15-21(20)28)23(33)31-13-9-26(10-14-31)32(24(34)17-3-6-19(29)7-4-17)22(16-36-26)25(35)30-11-1-2-12-30/h3-8,15,22H,1-2,9-14,16H2. The van der Waals surface area contributed by atoms with Crippen molar-refractivity contribution < 1.29 is 23.5 Å². The van der Waals surface area contributed by atoms with Crippen molar-refractivity contribution in [2.75, 3.05) is 32.8 Å². The molecule has 3 saturated heterocycles. The molecule has 2 aromatic carbocycles. The Kier molecular flexibility index (Phi) is 6.94. The molecule has 3 fully saturated rings. The van der Waals surface area contributed by atoms with Crippen molar-refractivity contribution in [3.8, 4) is 0 Å². The van der Waals surface area contributed by atoms with Crippen LogP contribution in [0.3, 0.4) is 0 Å². The number of hydrogen-bond donors (Lipinski definition) is 0. The number of carbonyl (C=O) groups is 3. The van der Waals surface area contributed by atoms with Crippen molar-refractivity contribution >= 4 is 40.9 Å². The van der Waals surface area contributed by atoms with Crippen LogP contribution in [0.5, 0.6) is 0 Å². The van der Waals surface area contributed by atoms with Crippen LogP contribution < -0.4 is 0 Å². The second-order valence-electron chi connectivity index (χ2n) is 9.41. The Labute approximate surface area is 218 Å². The third kappa shape index (κ3) is 4.58. The highest BCUT2D eigenvalue weighted by Crippen LogP contribution is 2.39. The molecule has 1 spiro atoms. The second kappa shape index (κ2) is 10.00. The first-order valence-electron chi connectivity index (χ1n) is 12.1. The van der Waals surface area contributed by atoms with E-state index in [1.165, 1.54) is 30.3 Å². The Morgan fingerprint density at radius 2 is 1.47 bits per heavy atom. The first-order valence-corrected chi connectivity index (χ1v) is 12.8. The molecule has 2 aromatic rings. The van der Waals surface area contributed by atoms with Crippen LogP contribution in [0.1, 0.15) is 46.4 Å². The summed E-state index contributed by atoms with van der Waals surface area (Å²) in [7, 11) is 0. The molecule has 0 aliphatic carbocycles. The first-order chi connectivity index (χ1) is 17.3. The van der Waals surface area contributed by atoms with E-state index in [1.54, 1.807) is 26.8 Å². The largest absolute Gasteiger partial charge is 0.353 e. The molecule has 0 N–H and O–H groups in total. The summed E-state index contributed by atoms with van der Waals surface area (Å²) in [5.41, 5.74) is -0.316. The van der Waals surface area contributed by atoms with Gasteiger partial charge in [-0.2, -0.15) is 0 Å². The van der Waals surface area contributed by atoms with E-state index in [9.17, 15) is 18.8 Å². The van der Waals surface area contributed by atoms with Crippen molar-refractivity contribution in [3.05, 3.63) is 69.5 Å². The van der Waals surface area contributed by atoms with Gasteiger partial charge in [0.25, 0.3) is 11.8 Å². The van der Waals surface area contributed by atoms with E-state index in [4.69, 9.17) is 27.9 Å². The Balaban J connectivity index is 1.39. The summed E-state index contributed by atoms with van der Waals surface area (Å²) in [5, 5.41) is 0.670. The van der Waals surface area contributed by atoms with Crippen molar-refractivity contribution in [1.29, 1.82) is 0 Å². The molecular weight excluding hydrogens is 508 g/mol. The number of likely N-dealkylation sites (tertiary alicyclic amines) is 2. The summed E-state index contributed by atoms with van der Waals surface area (Å²) in [6.07, 6.45) is 2.55. The van der Waals surface area contributed by atoms with Gasteiger partial charge in [-0.05, 0) is 55.3 Å². The monoisotopic (exact) mass is 533 g/mol. The number of rotatable bonds is 3. The summed E-state index contributed by atoms with van der Waals surface area (Å²) in [6, 6.07) is 9.28. The predicted octanol–water partition coefficient (Wildman–Crippen LogP) is 4.23. The third-order valence-corrected chi connectivity index (χ3v) is 8.01. The van der Waals surface area contributed by atoms with Gasteiger partial charge in [0.15, 0.2) is 0 Å². The molecule has 36 heavy (non-hydrogen) atoms. The highest BCUT2D eigenvalue weighted by Gasteiger charge is 2.55. The maximum absolute atomic E-state index is 13.7. The SMILES string of the molecule is O=C(c1ccc(Cl)c(Cl)c1)N1CCC2(CC1)OCC(C(=O)N1CCCC1)N2C(=O)c1ccc(F)cc1. The van der Waals surface area contributed by atoms with Gasteiger partial charge in [-0.3, -0.25) is 19.3 Å². The Morgan fingerprint density at radius 1 is 0.833 bits per heavy atom. The zero-order valence-electron chi connectivity index (χ0n) is 19.6. The number of hydrogen-bond acceptors (Lipinski definition) is 4. The van der Waals surface area contributed by atoms with E-state index < -0.39 is 17.6 Å². The molecule has 3 heterocycles. The molecule has 0 saturated carbocycles. The highest BCUT2D eigenvalue weighted by atomic mass is 35.5. The van der Waals surface area contributed by atoms with E-state index in [1.807, 2.05) is 0 Å². The van der Waals surface area contributed by atoms with E-state index in [-0.39, 0.29) is 29.9 Å². The quantitative estimate of drug-likeness (QED) is 0.591. The molecule has 5 rings (SSSR count). The van der Waals surface area contributed by atoms with Gasteiger partial charge >= 0.3 is 0 Å². The summed E-state index contributed by atoms with van der Waals surface area (Å²) in [6.45, 7) is 2.07. The molecule has 10 heteroatoms. The number of amides is 3. The fourth-order valence-electron chi connectivity index (χ4n) is 5.31. The lowest BCUT2D eigenvalue weighted by atomic mass is 9.96. The fourth-order valence-corrected chi connectivity index (χ4v) is 5.60. The van der Waals surface area contributed by atoms with Crippen molar-refractivity contribution in [3.63, 3.8) is 0 Å². The van der Waals surface area contributed by atoms with Crippen LogP contribution in [0.4, 0.5) is 4.39 Å². The van der Waals surface area contributed by atoms with Gasteiger partial charge in [0, 0.05) is 50.1 Å². The van der Waals surface area contributed by atoms with Crippen LogP contribution in [-0.2, 0) is 9.53 Å². The van der Waals surface area contributed by atoms with E-state index in [2.05, 4.69) is 0 Å². The van der Waals surface area contributed by atoms with Crippen LogP contribution in [0, 0.1) is 5.82 Å². The fraction of sp³-hybridized carbons (Fsp3) is 0.423. The van der Waals surface area contributed by atoms with Crippen molar-refractivity contribution in [1.82, 2.24) is 14.7 Å². The van der Waals surface area contributed by atoms with Gasteiger partial charge in [-0.25, -0.2) is 4.39 Å². The second-order valence-corrected chi connectivity index (χ2v) is 10.2. The zero-order chi connectivity index (χ0) is 25.4. The highest BCUT2D eigenvalue weighted by molar-refractivity contribution is 6.42. The van der Waals surface area contributed by atoms with Gasteiger partial charge < -0.3 is 14.5 Å². The zero-order valence-corrected chi connectivity index (χ0v) is 21.1. The topological polar surface area (TPSA) is 70.2 Å². The van der Waals surface area contributed by atoms with Gasteiger partial charge in [-0.1, -0.05) is 23.2 Å². The molecule has 1 atom stereocenters. The summed E-state index contributed by atoms with van der Waals surface area (Å²) in [4.78, 5) is 45.2. The van der Waals surface area contributed by atoms with Crippen LogP contribution in [0.15, 0.2) is 42.5 Å². The Bertz CT molecular complexity index is 1180. The lowest BCUT2D eigenvalue weighted by Crippen LogP contribution is -2.60. The molecule has 3 amide bonds. The molecular formula is C26H26Cl2FN3O4. The molecule has 0 aromatic heterocycles. The predicted molar refractivity (Wildman–Crippen MR) is 132 cm³/mol. The minimum absolute atomic E-state index is 0.0863. The number of carbonyl (C=O) groups excluding carboxylic acids is 3. The van der Waals surface area contributed by atoms with Crippen LogP contribution >= 0.6 is 23.2 Å². The normalized spacial score (nSPS) is 21.3. The van der Waals surface area contributed by atoms with Crippen molar-refractivity contribution in [2.24, 2.45) is 0 Å². The smallest absolute Gasteiger partial charge is 0.256 e. The average molecular weight is 534 g/mol. The number of ether oxygens (including phenoxy) is 1. The van der Waals surface area contributed by atoms with Crippen LogP contribution in [0.2, 0.25) is 10.0 Å². The summed E-state index contributed by atoms with van der Waals surface area (Å²) >= 11 is 12.1. The number of halogens is 3. The van der Waals surface area contributed by atoms with Gasteiger partial charge in [0.1, 0.15) is 17.6 Å². The third-order valence-electron chi connectivity index (χ3n) is 7.27. The minimum atomic E-state index is -1.03. The first kappa shape index (κ1) is 25.0. The van der Waals surface area contributed by atoms with Crippen LogP contribution in [-0.4, -0.2) is 77.0 Å². The molecule has 190 valence electrons. The Morgan fingerprint density at radius 3 is 2.11 bits per heavy atom. The molecule has 7 nitrogen and oxygen atoms in total. The summed E-state index contributed by atoms with van der Waals surface area (Å²) in [5.74, 6) is -1.15. The van der Waals surface area contributed by atoms with E-state index in [0.29, 0.717) is 54.6 Å². The average Bonchev–Trinajstić information content (AvgIpc) is 3.54. The van der Waals surface area contributed by atoms with Crippen LogP contribution in [0.25, 0.3) is 0 Å². The number of nitrogens with zero attached hydrogens (tertiary/aromatic N) is 3. The minimum Gasteiger partial charge on any atom is -0.353 e. The molecule has 3 aliphatic rings. The van der Waals surface area contributed by atoms with Crippen molar-refractivity contribution in [2.45, 2.75) is 37.5 Å². The Hall–Kier alpha value is -2.68. The summed E-state index contributed by atoms with van der Waals surface area (Å²) < 4.78 is 19.8. The molecule has 0 bridgehead atoms. The van der Waals surface area contributed by atoms with Gasteiger partial charge in [-0.15, -0.1) is 0 Å². The van der Waals surface area contributed by atoms with E-state index >= 15 is 0 Å². The van der Waals surface area contributed by atoms with Gasteiger partial charge in [0.05, 0.1) is 16.7 Å². The lowest BCUT2D eigenvalue weighted by Gasteiger charge is -2.44. The molecule has 0 radical (unpaired) electrons. The number of piperidine rings is 1.